The molecule has 1 aromatic carbocycles. The van der Waals surface area contributed by atoms with E-state index in [1.165, 1.54) is 0 Å². The Morgan fingerprint density at radius 1 is 1.09 bits per heavy atom. The highest BCUT2D eigenvalue weighted by Gasteiger charge is 2.28. The van der Waals surface area contributed by atoms with Crippen molar-refractivity contribution in [1.82, 2.24) is 0 Å². The Morgan fingerprint density at radius 3 is 2.30 bits per heavy atom. The molecule has 0 spiro atoms. The number of benzene rings is 1. The molecule has 0 fully saturated rings. The number of hydrogen-bond acceptors (Lipinski definition) is 6. The third-order valence-corrected chi connectivity index (χ3v) is 3.44. The van der Waals surface area contributed by atoms with E-state index in [4.69, 9.17) is 15.2 Å². The van der Waals surface area contributed by atoms with Gasteiger partial charge in [0.2, 0.25) is 5.78 Å². The smallest absolute Gasteiger partial charge is 0.320 e. The molecule has 0 aliphatic heterocycles. The van der Waals surface area contributed by atoms with Gasteiger partial charge in [-0.05, 0) is 37.5 Å². The number of ketones is 1. The molecule has 1 rings (SSSR count). The highest BCUT2D eigenvalue weighted by Crippen LogP contribution is 2.16. The van der Waals surface area contributed by atoms with Crippen LogP contribution in [0.5, 0.6) is 0 Å². The zero-order valence-corrected chi connectivity index (χ0v) is 13.8. The number of esters is 2. The predicted molar refractivity (Wildman–Crippen MR) is 85.9 cm³/mol. The number of ether oxygens (including phenoxy) is 2. The summed E-state index contributed by atoms with van der Waals surface area (Å²) in [6.07, 6.45) is 1.01. The van der Waals surface area contributed by atoms with Crippen molar-refractivity contribution in [3.8, 4) is 0 Å². The summed E-state index contributed by atoms with van der Waals surface area (Å²) in [4.78, 5) is 35.7. The van der Waals surface area contributed by atoms with E-state index < -0.39 is 30.2 Å². The van der Waals surface area contributed by atoms with E-state index in [9.17, 15) is 14.4 Å². The maximum Gasteiger partial charge on any atom is 0.320 e. The van der Waals surface area contributed by atoms with Gasteiger partial charge in [0, 0.05) is 11.3 Å². The van der Waals surface area contributed by atoms with Crippen molar-refractivity contribution >= 4 is 23.4 Å². The molecule has 0 radical (unpaired) electrons. The third-order valence-electron chi connectivity index (χ3n) is 3.44. The van der Waals surface area contributed by atoms with Crippen LogP contribution in [0.4, 0.5) is 5.69 Å². The van der Waals surface area contributed by atoms with Gasteiger partial charge in [-0.25, -0.2) is 0 Å². The van der Waals surface area contributed by atoms with Gasteiger partial charge >= 0.3 is 11.9 Å². The molecule has 0 saturated heterocycles. The van der Waals surface area contributed by atoms with Crippen LogP contribution in [-0.2, 0) is 25.5 Å². The molecule has 126 valence electrons. The zero-order chi connectivity index (χ0) is 17.4. The van der Waals surface area contributed by atoms with Crippen molar-refractivity contribution in [2.45, 2.75) is 33.6 Å². The van der Waals surface area contributed by atoms with Crippen LogP contribution in [0.15, 0.2) is 18.2 Å². The lowest BCUT2D eigenvalue weighted by molar-refractivity contribution is -0.161. The molecule has 1 atom stereocenters. The summed E-state index contributed by atoms with van der Waals surface area (Å²) in [6, 6.07) is 5.18. The molecule has 1 aromatic rings. The molecule has 0 saturated carbocycles. The van der Waals surface area contributed by atoms with Gasteiger partial charge < -0.3 is 15.2 Å². The fourth-order valence-electron chi connectivity index (χ4n) is 2.05. The van der Waals surface area contributed by atoms with Crippen LogP contribution in [-0.4, -0.2) is 30.9 Å². The topological polar surface area (TPSA) is 95.7 Å². The summed E-state index contributed by atoms with van der Waals surface area (Å²) in [5, 5.41) is 0. The van der Waals surface area contributed by atoms with Gasteiger partial charge in [0.05, 0.1) is 6.61 Å². The van der Waals surface area contributed by atoms with E-state index in [2.05, 4.69) is 0 Å². The standard InChI is InChI=1S/C17H23NO5/c1-4-11-7-8-14(18)13(9-11)15(19)10-23-17(21)12(5-2)16(20)22-6-3/h7-9,12H,4-6,10,18H2,1-3H3. The summed E-state index contributed by atoms with van der Waals surface area (Å²) in [6.45, 7) is 5.02. The number of rotatable bonds is 8. The van der Waals surface area contributed by atoms with Gasteiger partial charge in [-0.2, -0.15) is 0 Å². The minimum Gasteiger partial charge on any atom is -0.465 e. The van der Waals surface area contributed by atoms with E-state index in [-0.39, 0.29) is 13.0 Å². The van der Waals surface area contributed by atoms with Crippen LogP contribution in [0.2, 0.25) is 0 Å². The first-order valence-electron chi connectivity index (χ1n) is 7.69. The molecular weight excluding hydrogens is 298 g/mol. The van der Waals surface area contributed by atoms with Gasteiger partial charge in [0.25, 0.3) is 0 Å². The Balaban J connectivity index is 2.71. The molecule has 0 amide bonds. The second-order valence-electron chi connectivity index (χ2n) is 5.02. The van der Waals surface area contributed by atoms with Crippen LogP contribution in [0.1, 0.15) is 43.1 Å². The minimum atomic E-state index is -1.01. The van der Waals surface area contributed by atoms with Gasteiger partial charge in [0.15, 0.2) is 12.5 Å². The number of Topliss-reactive ketones (excluding diaryl/α,β-unsaturated/α-hetero) is 1. The summed E-state index contributed by atoms with van der Waals surface area (Å²) in [5.74, 6) is -2.81. The summed E-state index contributed by atoms with van der Waals surface area (Å²) >= 11 is 0. The first-order valence-corrected chi connectivity index (χ1v) is 7.69. The predicted octanol–water partition coefficient (Wildman–Crippen LogP) is 2.15. The molecular formula is C17H23NO5. The molecule has 0 bridgehead atoms. The molecule has 23 heavy (non-hydrogen) atoms. The van der Waals surface area contributed by atoms with Gasteiger partial charge in [0.1, 0.15) is 0 Å². The number of hydrogen-bond donors (Lipinski definition) is 1. The second kappa shape index (κ2) is 8.92. The number of aryl methyl sites for hydroxylation is 1. The van der Waals surface area contributed by atoms with Crippen LogP contribution in [0, 0.1) is 5.92 Å². The fourth-order valence-corrected chi connectivity index (χ4v) is 2.05. The molecule has 0 aliphatic carbocycles. The molecule has 0 aromatic heterocycles. The second-order valence-corrected chi connectivity index (χ2v) is 5.02. The molecule has 0 heterocycles. The minimum absolute atomic E-state index is 0.182. The quantitative estimate of drug-likeness (QED) is 0.341. The first kappa shape index (κ1) is 18.7. The highest BCUT2D eigenvalue weighted by atomic mass is 16.6. The number of carbonyl (C=O) groups excluding carboxylic acids is 3. The number of nitrogens with two attached hydrogens (primary N) is 1. The zero-order valence-electron chi connectivity index (χ0n) is 13.8. The molecule has 2 N–H and O–H groups in total. The van der Waals surface area contributed by atoms with Crippen molar-refractivity contribution in [1.29, 1.82) is 0 Å². The highest BCUT2D eigenvalue weighted by molar-refractivity contribution is 6.03. The van der Waals surface area contributed by atoms with E-state index in [1.54, 1.807) is 26.0 Å². The Morgan fingerprint density at radius 2 is 1.74 bits per heavy atom. The van der Waals surface area contributed by atoms with E-state index >= 15 is 0 Å². The normalized spacial score (nSPS) is 11.6. The van der Waals surface area contributed by atoms with Crippen molar-refractivity contribution in [3.05, 3.63) is 29.3 Å². The van der Waals surface area contributed by atoms with Crippen molar-refractivity contribution in [2.24, 2.45) is 5.92 Å². The largest absolute Gasteiger partial charge is 0.465 e. The van der Waals surface area contributed by atoms with Crippen molar-refractivity contribution < 1.29 is 23.9 Å². The van der Waals surface area contributed by atoms with Crippen molar-refractivity contribution in [2.75, 3.05) is 18.9 Å². The molecule has 1 unspecified atom stereocenters. The maximum absolute atomic E-state index is 12.2. The lowest BCUT2D eigenvalue weighted by Gasteiger charge is -2.13. The Labute approximate surface area is 135 Å². The van der Waals surface area contributed by atoms with E-state index in [1.807, 2.05) is 13.0 Å². The lowest BCUT2D eigenvalue weighted by atomic mass is 10.0. The SMILES string of the molecule is CCOC(=O)C(CC)C(=O)OCC(=O)c1cc(CC)ccc1N. The van der Waals surface area contributed by atoms with Gasteiger partial charge in [-0.3, -0.25) is 14.4 Å². The van der Waals surface area contributed by atoms with Crippen LogP contribution < -0.4 is 5.73 Å². The lowest BCUT2D eigenvalue weighted by Crippen LogP contribution is -2.29. The summed E-state index contributed by atoms with van der Waals surface area (Å²) < 4.78 is 9.77. The average molecular weight is 321 g/mol. The molecule has 6 nitrogen and oxygen atoms in total. The average Bonchev–Trinajstić information content (AvgIpc) is 2.54. The molecule has 0 aliphatic rings. The van der Waals surface area contributed by atoms with Crippen LogP contribution >= 0.6 is 0 Å². The van der Waals surface area contributed by atoms with Gasteiger partial charge in [-0.15, -0.1) is 0 Å². The van der Waals surface area contributed by atoms with E-state index in [0.29, 0.717) is 11.3 Å². The summed E-state index contributed by atoms with van der Waals surface area (Å²) in [7, 11) is 0. The maximum atomic E-state index is 12.2. The van der Waals surface area contributed by atoms with E-state index in [0.717, 1.165) is 12.0 Å². The molecule has 6 heteroatoms. The van der Waals surface area contributed by atoms with Crippen LogP contribution in [0.25, 0.3) is 0 Å². The monoisotopic (exact) mass is 321 g/mol. The first-order chi connectivity index (χ1) is 10.9. The Bertz CT molecular complexity index is 582. The summed E-state index contributed by atoms with van der Waals surface area (Å²) in [5.41, 5.74) is 7.41. The Kier molecular flexibility index (Phi) is 7.25. The number of anilines is 1. The van der Waals surface area contributed by atoms with Gasteiger partial charge in [-0.1, -0.05) is 19.9 Å². The Hall–Kier alpha value is -2.37. The van der Waals surface area contributed by atoms with Crippen LogP contribution in [0.3, 0.4) is 0 Å². The fraction of sp³-hybridized carbons (Fsp3) is 0.471. The number of nitrogen functional groups attached to an aromatic ring is 1. The third kappa shape index (κ3) is 5.09. The van der Waals surface area contributed by atoms with Crippen molar-refractivity contribution in [3.63, 3.8) is 0 Å². The number of carbonyl (C=O) groups is 3.